The van der Waals surface area contributed by atoms with Gasteiger partial charge in [0.2, 0.25) is 0 Å². The number of hydrogen-bond donors (Lipinski definition) is 1. The van der Waals surface area contributed by atoms with E-state index in [4.69, 9.17) is 21.6 Å². The van der Waals surface area contributed by atoms with Crippen molar-refractivity contribution in [2.75, 3.05) is 11.9 Å². The van der Waals surface area contributed by atoms with Gasteiger partial charge in [-0.25, -0.2) is 0 Å². The molecule has 2 heterocycles. The second-order valence-electron chi connectivity index (χ2n) is 4.83. The molecule has 2 aliphatic rings. The van der Waals surface area contributed by atoms with Gasteiger partial charge < -0.3 is 10.1 Å². The highest BCUT2D eigenvalue weighted by molar-refractivity contribution is 7.10. The maximum absolute atomic E-state index is 9.07. The van der Waals surface area contributed by atoms with Gasteiger partial charge in [0.25, 0.3) is 0 Å². The normalized spacial score (nSPS) is 30.8. The van der Waals surface area contributed by atoms with Crippen molar-refractivity contribution in [2.24, 2.45) is 5.92 Å². The van der Waals surface area contributed by atoms with Crippen molar-refractivity contribution < 1.29 is 4.74 Å². The van der Waals surface area contributed by atoms with Gasteiger partial charge in [-0.05, 0) is 37.2 Å². The molecule has 1 saturated carbocycles. The standard InChI is InChI=1S/C12H14ClN3OS/c13-11-8(6-14)12(18-16-11)15-9-2-1-3-10-7(9)4-5-17-10/h7,9-10,15H,1-5H2. The molecule has 3 unspecified atom stereocenters. The summed E-state index contributed by atoms with van der Waals surface area (Å²) in [5.74, 6) is 0.561. The van der Waals surface area contributed by atoms with Crippen molar-refractivity contribution in [1.29, 1.82) is 5.26 Å². The lowest BCUT2D eigenvalue weighted by atomic mass is 9.82. The Balaban J connectivity index is 1.77. The Morgan fingerprint density at radius 2 is 2.33 bits per heavy atom. The molecule has 0 amide bonds. The molecule has 1 aromatic rings. The predicted molar refractivity (Wildman–Crippen MR) is 70.9 cm³/mol. The first-order valence-corrected chi connectivity index (χ1v) is 7.38. The van der Waals surface area contributed by atoms with Gasteiger partial charge in [-0.1, -0.05) is 11.6 Å². The number of anilines is 1. The lowest BCUT2D eigenvalue weighted by Gasteiger charge is -2.33. The van der Waals surface area contributed by atoms with E-state index >= 15 is 0 Å². The van der Waals surface area contributed by atoms with Gasteiger partial charge in [-0.2, -0.15) is 9.64 Å². The fraction of sp³-hybridized carbons (Fsp3) is 0.667. The summed E-state index contributed by atoms with van der Waals surface area (Å²) >= 11 is 7.16. The van der Waals surface area contributed by atoms with Crippen LogP contribution < -0.4 is 5.32 Å². The fourth-order valence-corrected chi connectivity index (χ4v) is 3.99. The minimum Gasteiger partial charge on any atom is -0.378 e. The Morgan fingerprint density at radius 3 is 3.17 bits per heavy atom. The number of nitriles is 1. The molecule has 0 radical (unpaired) electrons. The van der Waals surface area contributed by atoms with Crippen molar-refractivity contribution in [3.8, 4) is 6.07 Å². The van der Waals surface area contributed by atoms with E-state index in [1.54, 1.807) is 0 Å². The molecule has 3 atom stereocenters. The summed E-state index contributed by atoms with van der Waals surface area (Å²) in [4.78, 5) is 0. The highest BCUT2D eigenvalue weighted by Crippen LogP contribution is 2.37. The van der Waals surface area contributed by atoms with Crippen molar-refractivity contribution >= 4 is 28.1 Å². The summed E-state index contributed by atoms with van der Waals surface area (Å²) in [5.41, 5.74) is 0.475. The van der Waals surface area contributed by atoms with Gasteiger partial charge in [0.05, 0.1) is 6.10 Å². The maximum atomic E-state index is 9.07. The average molecular weight is 284 g/mol. The minimum atomic E-state index is 0.306. The molecule has 1 aliphatic heterocycles. The van der Waals surface area contributed by atoms with Crippen LogP contribution in [-0.4, -0.2) is 23.1 Å². The van der Waals surface area contributed by atoms with Gasteiger partial charge in [-0.3, -0.25) is 0 Å². The Labute approximate surface area is 115 Å². The zero-order chi connectivity index (χ0) is 12.5. The summed E-state index contributed by atoms with van der Waals surface area (Å²) in [6.45, 7) is 0.863. The SMILES string of the molecule is N#Cc1c(Cl)nsc1NC1CCCC2OCCC12. The monoisotopic (exact) mass is 283 g/mol. The zero-order valence-corrected chi connectivity index (χ0v) is 11.4. The second kappa shape index (κ2) is 5.04. The van der Waals surface area contributed by atoms with Gasteiger partial charge in [-0.15, -0.1) is 0 Å². The third kappa shape index (κ3) is 2.09. The van der Waals surface area contributed by atoms with Crippen LogP contribution in [0.1, 0.15) is 31.2 Å². The van der Waals surface area contributed by atoms with Crippen molar-refractivity contribution in [1.82, 2.24) is 4.37 Å². The highest BCUT2D eigenvalue weighted by Gasteiger charge is 2.38. The Kier molecular flexibility index (Phi) is 3.42. The quantitative estimate of drug-likeness (QED) is 0.906. The molecule has 1 saturated heterocycles. The van der Waals surface area contributed by atoms with Gasteiger partial charge in [0.1, 0.15) is 16.6 Å². The van der Waals surface area contributed by atoms with E-state index in [2.05, 4.69) is 15.8 Å². The number of halogens is 1. The van der Waals surface area contributed by atoms with Crippen LogP contribution in [0.4, 0.5) is 5.00 Å². The first-order chi connectivity index (χ1) is 8.79. The van der Waals surface area contributed by atoms with E-state index < -0.39 is 0 Å². The number of nitrogens with zero attached hydrogens (tertiary/aromatic N) is 2. The minimum absolute atomic E-state index is 0.306. The number of rotatable bonds is 2. The highest BCUT2D eigenvalue weighted by atomic mass is 35.5. The van der Waals surface area contributed by atoms with E-state index in [0.717, 1.165) is 30.9 Å². The van der Waals surface area contributed by atoms with Crippen molar-refractivity contribution in [3.05, 3.63) is 10.7 Å². The molecular weight excluding hydrogens is 270 g/mol. The molecule has 3 rings (SSSR count). The van der Waals surface area contributed by atoms with Gasteiger partial charge in [0.15, 0.2) is 5.15 Å². The first-order valence-electron chi connectivity index (χ1n) is 6.23. The molecule has 96 valence electrons. The second-order valence-corrected chi connectivity index (χ2v) is 5.96. The molecule has 1 N–H and O–H groups in total. The molecule has 18 heavy (non-hydrogen) atoms. The number of ether oxygens (including phenoxy) is 1. The zero-order valence-electron chi connectivity index (χ0n) is 9.86. The van der Waals surface area contributed by atoms with Crippen LogP contribution in [0.25, 0.3) is 0 Å². The molecule has 2 fully saturated rings. The van der Waals surface area contributed by atoms with Crippen molar-refractivity contribution in [2.45, 2.75) is 37.8 Å². The van der Waals surface area contributed by atoms with Crippen molar-refractivity contribution in [3.63, 3.8) is 0 Å². The Bertz CT molecular complexity index is 484. The third-order valence-corrected chi connectivity index (χ3v) is 5.01. The molecule has 1 aliphatic carbocycles. The summed E-state index contributed by atoms with van der Waals surface area (Å²) in [5, 5.41) is 13.6. The topological polar surface area (TPSA) is 57.9 Å². The average Bonchev–Trinajstić information content (AvgIpc) is 2.97. The molecule has 4 nitrogen and oxygen atoms in total. The maximum Gasteiger partial charge on any atom is 0.162 e. The smallest absolute Gasteiger partial charge is 0.162 e. The molecule has 1 aromatic heterocycles. The van der Waals surface area contributed by atoms with Gasteiger partial charge >= 0.3 is 0 Å². The van der Waals surface area contributed by atoms with Crippen LogP contribution in [0.15, 0.2) is 0 Å². The Morgan fingerprint density at radius 1 is 1.44 bits per heavy atom. The summed E-state index contributed by atoms with van der Waals surface area (Å²) in [6.07, 6.45) is 4.97. The summed E-state index contributed by atoms with van der Waals surface area (Å²) < 4.78 is 9.77. The van der Waals surface area contributed by atoms with Gasteiger partial charge in [0, 0.05) is 18.6 Å². The van der Waals surface area contributed by atoms with E-state index in [-0.39, 0.29) is 0 Å². The molecule has 0 aromatic carbocycles. The number of nitrogens with one attached hydrogen (secondary N) is 1. The molecule has 0 bridgehead atoms. The van der Waals surface area contributed by atoms with E-state index in [1.165, 1.54) is 18.0 Å². The lowest BCUT2D eigenvalue weighted by molar-refractivity contribution is 0.0620. The fourth-order valence-electron chi connectivity index (χ4n) is 2.99. The van der Waals surface area contributed by atoms with E-state index in [1.807, 2.05) is 0 Å². The van der Waals surface area contributed by atoms with E-state index in [0.29, 0.717) is 28.8 Å². The van der Waals surface area contributed by atoms with Crippen LogP contribution in [0.5, 0.6) is 0 Å². The van der Waals surface area contributed by atoms with E-state index in [9.17, 15) is 0 Å². The van der Waals surface area contributed by atoms with Crippen LogP contribution >= 0.6 is 23.1 Å². The number of aromatic nitrogens is 1. The van der Waals surface area contributed by atoms with Crippen LogP contribution in [0, 0.1) is 17.2 Å². The number of hydrogen-bond acceptors (Lipinski definition) is 5. The van der Waals surface area contributed by atoms with Crippen LogP contribution in [-0.2, 0) is 4.74 Å². The molecule has 0 spiro atoms. The third-order valence-electron chi connectivity index (χ3n) is 3.86. The molecule has 6 heteroatoms. The summed E-state index contributed by atoms with van der Waals surface area (Å²) in [6, 6.07) is 2.50. The first kappa shape index (κ1) is 12.2. The number of fused-ring (bicyclic) bond motifs is 1. The summed E-state index contributed by atoms with van der Waals surface area (Å²) in [7, 11) is 0. The lowest BCUT2D eigenvalue weighted by Crippen LogP contribution is -2.38. The largest absolute Gasteiger partial charge is 0.378 e. The van der Waals surface area contributed by atoms with Crippen LogP contribution in [0.3, 0.4) is 0 Å². The Hall–Kier alpha value is -0.830. The predicted octanol–water partition coefficient (Wildman–Crippen LogP) is 3.04. The molecular formula is C12H14ClN3OS. The van der Waals surface area contributed by atoms with Crippen LogP contribution in [0.2, 0.25) is 5.15 Å².